The predicted molar refractivity (Wildman–Crippen MR) is 129 cm³/mol. The second-order valence-electron chi connectivity index (χ2n) is 6.81. The molecule has 0 spiro atoms. The SMILES string of the molecule is CCCCC(C)CPc1cc2ccccc2[cH-]1.CCl.[Hf].c1cc2cs[cH-]c-2c1. The van der Waals surface area contributed by atoms with Gasteiger partial charge in [-0.05, 0) is 12.1 Å². The van der Waals surface area contributed by atoms with Crippen LogP contribution in [-0.4, -0.2) is 12.5 Å². The van der Waals surface area contributed by atoms with Gasteiger partial charge in [-0.15, -0.1) is 95.2 Å². The zero-order valence-corrected chi connectivity index (χ0v) is 23.2. The van der Waals surface area contributed by atoms with E-state index in [1.54, 1.807) is 11.3 Å². The number of hydrogen-bond acceptors (Lipinski definition) is 1. The molecule has 0 saturated heterocycles. The van der Waals surface area contributed by atoms with Gasteiger partial charge in [0.15, 0.2) is 0 Å². The van der Waals surface area contributed by atoms with Crippen molar-refractivity contribution in [3.8, 4) is 11.1 Å². The molecule has 1 heterocycles. The van der Waals surface area contributed by atoms with Gasteiger partial charge in [0.05, 0.1) is 0 Å². The normalized spacial score (nSPS) is 11.6. The minimum absolute atomic E-state index is 0. The van der Waals surface area contributed by atoms with Crippen molar-refractivity contribution in [1.29, 1.82) is 0 Å². The molecule has 1 aliphatic carbocycles. The zero-order valence-electron chi connectivity index (χ0n) is 17.0. The van der Waals surface area contributed by atoms with E-state index in [0.717, 1.165) is 14.5 Å². The molecule has 1 aliphatic heterocycles. The zero-order chi connectivity index (χ0) is 19.5. The maximum Gasteiger partial charge on any atom is 0.0108 e. The molecule has 2 atom stereocenters. The van der Waals surface area contributed by atoms with Gasteiger partial charge >= 0.3 is 0 Å². The van der Waals surface area contributed by atoms with Gasteiger partial charge in [-0.2, -0.15) is 6.07 Å². The number of benzene rings is 1. The van der Waals surface area contributed by atoms with E-state index in [0.29, 0.717) is 0 Å². The van der Waals surface area contributed by atoms with Gasteiger partial charge in [-0.25, -0.2) is 0 Å². The Hall–Kier alpha value is -0.270. The van der Waals surface area contributed by atoms with Crippen molar-refractivity contribution in [3.63, 3.8) is 0 Å². The largest absolute Gasteiger partial charge is 0.263 e. The van der Waals surface area contributed by atoms with E-state index >= 15 is 0 Å². The van der Waals surface area contributed by atoms with E-state index in [2.05, 4.69) is 90.8 Å². The Kier molecular flexibility index (Phi) is 13.5. The third kappa shape index (κ3) is 8.23. The van der Waals surface area contributed by atoms with Crippen LogP contribution in [0.2, 0.25) is 0 Å². The van der Waals surface area contributed by atoms with Gasteiger partial charge in [-0.3, -0.25) is 11.3 Å². The van der Waals surface area contributed by atoms with Crippen molar-refractivity contribution >= 4 is 47.6 Å². The second kappa shape index (κ2) is 14.7. The van der Waals surface area contributed by atoms with E-state index in [9.17, 15) is 0 Å². The monoisotopic (exact) mass is 596 g/mol. The number of halogens is 1. The summed E-state index contributed by atoms with van der Waals surface area (Å²) in [6.07, 6.45) is 6.93. The van der Waals surface area contributed by atoms with E-state index in [-0.39, 0.29) is 25.8 Å². The molecule has 2 unspecified atom stereocenters. The van der Waals surface area contributed by atoms with E-state index in [1.165, 1.54) is 59.0 Å². The summed E-state index contributed by atoms with van der Waals surface area (Å²) in [6.45, 7) is 4.67. The molecule has 2 aliphatic rings. The molecule has 0 bridgehead atoms. The van der Waals surface area contributed by atoms with Crippen molar-refractivity contribution in [3.05, 3.63) is 65.4 Å². The smallest absolute Gasteiger partial charge is 0.0108 e. The first-order chi connectivity index (χ1) is 13.3. The summed E-state index contributed by atoms with van der Waals surface area (Å²) < 4.78 is 0. The van der Waals surface area contributed by atoms with Crippen LogP contribution in [0.15, 0.2) is 65.4 Å². The molecular formula is C24H30ClHfPS-2. The van der Waals surface area contributed by atoms with Gasteiger partial charge in [0, 0.05) is 32.2 Å². The molecule has 0 nitrogen and oxygen atoms in total. The Morgan fingerprint density at radius 1 is 1.11 bits per heavy atom. The summed E-state index contributed by atoms with van der Waals surface area (Å²) in [5.41, 5.74) is 2.74. The Bertz CT molecular complexity index is 769. The van der Waals surface area contributed by atoms with E-state index < -0.39 is 0 Å². The van der Waals surface area contributed by atoms with Crippen LogP contribution in [0, 0.1) is 5.92 Å². The van der Waals surface area contributed by atoms with Crippen LogP contribution < -0.4 is 5.30 Å². The molecular weight excluding hydrogens is 565 g/mol. The van der Waals surface area contributed by atoms with Gasteiger partial charge in [0.2, 0.25) is 0 Å². The summed E-state index contributed by atoms with van der Waals surface area (Å²) in [6, 6.07) is 19.7. The van der Waals surface area contributed by atoms with Crippen molar-refractivity contribution in [1.82, 2.24) is 0 Å². The van der Waals surface area contributed by atoms with Crippen molar-refractivity contribution < 1.29 is 25.8 Å². The molecule has 0 amide bonds. The molecule has 0 N–H and O–H groups in total. The van der Waals surface area contributed by atoms with E-state index in [4.69, 9.17) is 0 Å². The number of rotatable bonds is 6. The van der Waals surface area contributed by atoms with Gasteiger partial charge < -0.3 is 0 Å². The van der Waals surface area contributed by atoms with E-state index in [1.807, 2.05) is 0 Å². The molecule has 2 aromatic carbocycles. The molecule has 0 radical (unpaired) electrons. The van der Waals surface area contributed by atoms with Crippen LogP contribution in [0.1, 0.15) is 33.1 Å². The van der Waals surface area contributed by atoms with Crippen molar-refractivity contribution in [2.45, 2.75) is 33.1 Å². The summed E-state index contributed by atoms with van der Waals surface area (Å²) in [5, 5.41) is 8.66. The minimum Gasteiger partial charge on any atom is -0.263 e. The maximum atomic E-state index is 4.64. The van der Waals surface area contributed by atoms with Gasteiger partial charge in [0.25, 0.3) is 0 Å². The number of thiophene rings is 1. The standard InChI is InChI=1S/C16H22P.C7H5S.CH3Cl.Hf/c1-3-4-7-13(2)12-17-16-10-14-8-5-6-9-15(14)11-16;1-2-6-4-8-5-7(6)3-1;1-2;/h5-6,8-11,13,17H,3-4,7,12H2,1-2H3;1-5H;1H3;/q2*-1;;. The summed E-state index contributed by atoms with van der Waals surface area (Å²) in [4.78, 5) is 0. The molecule has 28 heavy (non-hydrogen) atoms. The molecule has 0 saturated carbocycles. The van der Waals surface area contributed by atoms with Gasteiger partial charge in [-0.1, -0.05) is 44.6 Å². The van der Waals surface area contributed by atoms with Crippen LogP contribution in [0.5, 0.6) is 0 Å². The summed E-state index contributed by atoms with van der Waals surface area (Å²) in [5.74, 6) is 0.881. The first kappa shape index (κ1) is 25.8. The number of hydrogen-bond donors (Lipinski definition) is 0. The predicted octanol–water partition coefficient (Wildman–Crippen LogP) is 8.11. The average molecular weight is 595 g/mol. The first-order valence-electron chi connectivity index (χ1n) is 9.61. The van der Waals surface area contributed by atoms with Crippen LogP contribution in [-0.2, 0) is 25.8 Å². The number of unbranched alkanes of at least 4 members (excludes halogenated alkanes) is 1. The number of fused-ring (bicyclic) bond motifs is 2. The van der Waals surface area contributed by atoms with Crippen LogP contribution in [0.4, 0.5) is 0 Å². The maximum absolute atomic E-state index is 4.64. The molecule has 4 rings (SSSR count). The summed E-state index contributed by atoms with van der Waals surface area (Å²) in [7, 11) is 0.979. The Morgan fingerprint density at radius 2 is 1.89 bits per heavy atom. The van der Waals surface area contributed by atoms with Crippen LogP contribution in [0.3, 0.4) is 0 Å². The Balaban J connectivity index is 0.000000297. The third-order valence-corrected chi connectivity index (χ3v) is 6.98. The molecule has 0 aromatic heterocycles. The average Bonchev–Trinajstić information content (AvgIpc) is 3.42. The third-order valence-electron chi connectivity index (χ3n) is 4.60. The van der Waals surface area contributed by atoms with Crippen LogP contribution in [0.25, 0.3) is 21.9 Å². The molecule has 0 fully saturated rings. The fourth-order valence-corrected chi connectivity index (χ4v) is 5.14. The minimum atomic E-state index is 0. The Labute approximate surface area is 200 Å². The van der Waals surface area contributed by atoms with Gasteiger partial charge in [0.1, 0.15) is 0 Å². The summed E-state index contributed by atoms with van der Waals surface area (Å²) >= 11 is 6.40. The molecule has 150 valence electrons. The Morgan fingerprint density at radius 3 is 2.61 bits per heavy atom. The quantitative estimate of drug-likeness (QED) is 0.0915. The molecule has 4 heteroatoms. The van der Waals surface area contributed by atoms with Crippen LogP contribution >= 0.6 is 31.5 Å². The second-order valence-corrected chi connectivity index (χ2v) is 8.89. The van der Waals surface area contributed by atoms with Crippen molar-refractivity contribution in [2.75, 3.05) is 12.5 Å². The fourth-order valence-electron chi connectivity index (χ4n) is 3.04. The topological polar surface area (TPSA) is 0 Å². The number of alkyl halides is 1. The first-order valence-corrected chi connectivity index (χ1v) is 12.5. The molecule has 2 aromatic rings. The van der Waals surface area contributed by atoms with Crippen molar-refractivity contribution in [2.24, 2.45) is 5.92 Å². The fraction of sp³-hybridized carbons (Fsp3) is 0.333.